The summed E-state index contributed by atoms with van der Waals surface area (Å²) < 4.78 is 0. The van der Waals surface area contributed by atoms with Gasteiger partial charge < -0.3 is 4.90 Å². The second kappa shape index (κ2) is 4.97. The molecule has 1 aliphatic rings. The minimum atomic E-state index is -0.508. The molecule has 4 nitrogen and oxygen atoms in total. The third kappa shape index (κ3) is 2.12. The van der Waals surface area contributed by atoms with Crippen molar-refractivity contribution >= 4 is 29.0 Å². The summed E-state index contributed by atoms with van der Waals surface area (Å²) in [5.74, 6) is -0.968. The molecule has 1 aromatic carbocycles. The third-order valence-corrected chi connectivity index (χ3v) is 4.18. The van der Waals surface area contributed by atoms with Crippen LogP contribution in [-0.2, 0) is 11.3 Å². The molecule has 0 spiro atoms. The molecule has 0 radical (unpaired) electrons. The maximum atomic E-state index is 12.3. The molecule has 0 atom stereocenters. The van der Waals surface area contributed by atoms with Gasteiger partial charge in [0.1, 0.15) is 0 Å². The van der Waals surface area contributed by atoms with Crippen molar-refractivity contribution in [1.29, 1.82) is 0 Å². The summed E-state index contributed by atoms with van der Waals surface area (Å²) >= 11 is 6.10. The number of anilines is 1. The first kappa shape index (κ1) is 13.8. The molecule has 106 valence electrons. The molecule has 1 aliphatic heterocycles. The summed E-state index contributed by atoms with van der Waals surface area (Å²) in [6.45, 7) is 4.14. The van der Waals surface area contributed by atoms with Crippen molar-refractivity contribution in [2.24, 2.45) is 0 Å². The SMILES string of the molecule is Cc1ccc2c(c1C)N(Cc1ccncc1Cl)C(=O)C2=O. The number of Topliss-reactive ketones (excluding diaryl/α,β-unsaturated/α-hetero) is 1. The zero-order valence-electron chi connectivity index (χ0n) is 11.7. The monoisotopic (exact) mass is 300 g/mol. The van der Waals surface area contributed by atoms with Crippen LogP contribution in [0.1, 0.15) is 27.0 Å². The molecule has 0 unspecified atom stereocenters. The van der Waals surface area contributed by atoms with Gasteiger partial charge in [-0.3, -0.25) is 14.6 Å². The number of aryl methyl sites for hydroxylation is 1. The number of fused-ring (bicyclic) bond motifs is 1. The van der Waals surface area contributed by atoms with E-state index in [0.717, 1.165) is 16.7 Å². The number of hydrogen-bond donors (Lipinski definition) is 0. The molecule has 2 aromatic rings. The highest BCUT2D eigenvalue weighted by Gasteiger charge is 2.37. The number of benzene rings is 1. The lowest BCUT2D eigenvalue weighted by atomic mass is 10.0. The smallest absolute Gasteiger partial charge is 0.299 e. The first-order chi connectivity index (χ1) is 10.0. The van der Waals surface area contributed by atoms with E-state index in [2.05, 4.69) is 4.98 Å². The average molecular weight is 301 g/mol. The van der Waals surface area contributed by atoms with E-state index in [1.54, 1.807) is 18.3 Å². The number of ketones is 1. The summed E-state index contributed by atoms with van der Waals surface area (Å²) in [5, 5.41) is 0.483. The van der Waals surface area contributed by atoms with E-state index < -0.39 is 11.7 Å². The van der Waals surface area contributed by atoms with Gasteiger partial charge in [0.15, 0.2) is 0 Å². The van der Waals surface area contributed by atoms with E-state index >= 15 is 0 Å². The lowest BCUT2D eigenvalue weighted by Crippen LogP contribution is -2.29. The lowest BCUT2D eigenvalue weighted by molar-refractivity contribution is -0.114. The molecular formula is C16H13ClN2O2. The number of hydrogen-bond acceptors (Lipinski definition) is 3. The number of pyridine rings is 1. The van der Waals surface area contributed by atoms with Gasteiger partial charge in [-0.15, -0.1) is 0 Å². The Kier molecular flexibility index (Phi) is 3.26. The second-order valence-corrected chi connectivity index (χ2v) is 5.50. The number of aromatic nitrogens is 1. The Morgan fingerprint density at radius 3 is 2.67 bits per heavy atom. The van der Waals surface area contributed by atoms with E-state index in [1.807, 2.05) is 19.9 Å². The van der Waals surface area contributed by atoms with Crippen LogP contribution in [0.4, 0.5) is 5.69 Å². The Balaban J connectivity index is 2.09. The Morgan fingerprint density at radius 1 is 1.19 bits per heavy atom. The Morgan fingerprint density at radius 2 is 1.95 bits per heavy atom. The fraction of sp³-hybridized carbons (Fsp3) is 0.188. The Labute approximate surface area is 127 Å². The number of halogens is 1. The Bertz CT molecular complexity index is 771. The van der Waals surface area contributed by atoms with Crippen molar-refractivity contribution in [1.82, 2.24) is 4.98 Å². The van der Waals surface area contributed by atoms with Crippen molar-refractivity contribution in [3.8, 4) is 0 Å². The number of amides is 1. The zero-order chi connectivity index (χ0) is 15.1. The number of nitrogens with zero attached hydrogens (tertiary/aromatic N) is 2. The van der Waals surface area contributed by atoms with E-state index in [-0.39, 0.29) is 6.54 Å². The molecule has 0 saturated carbocycles. The highest BCUT2D eigenvalue weighted by atomic mass is 35.5. The molecular weight excluding hydrogens is 288 g/mol. The number of rotatable bonds is 2. The number of carbonyl (C=O) groups excluding carboxylic acids is 2. The van der Waals surface area contributed by atoms with Crippen molar-refractivity contribution in [2.75, 3.05) is 4.90 Å². The maximum Gasteiger partial charge on any atom is 0.299 e. The van der Waals surface area contributed by atoms with Crippen molar-refractivity contribution < 1.29 is 9.59 Å². The summed E-state index contributed by atoms with van der Waals surface area (Å²) in [7, 11) is 0. The van der Waals surface area contributed by atoms with E-state index in [0.29, 0.717) is 16.3 Å². The molecule has 1 amide bonds. The first-order valence-corrected chi connectivity index (χ1v) is 6.93. The van der Waals surface area contributed by atoms with Crippen LogP contribution >= 0.6 is 11.6 Å². The summed E-state index contributed by atoms with van der Waals surface area (Å²) in [6.07, 6.45) is 3.15. The van der Waals surface area contributed by atoms with Gasteiger partial charge in [-0.05, 0) is 42.7 Å². The summed E-state index contributed by atoms with van der Waals surface area (Å²) in [4.78, 5) is 29.8. The predicted octanol–water partition coefficient (Wildman–Crippen LogP) is 3.08. The second-order valence-electron chi connectivity index (χ2n) is 5.09. The van der Waals surface area contributed by atoms with Crippen LogP contribution in [0.25, 0.3) is 0 Å². The lowest BCUT2D eigenvalue weighted by Gasteiger charge is -2.20. The van der Waals surface area contributed by atoms with Crippen LogP contribution in [-0.4, -0.2) is 16.7 Å². The first-order valence-electron chi connectivity index (χ1n) is 6.55. The molecule has 0 aliphatic carbocycles. The molecule has 0 fully saturated rings. The Hall–Kier alpha value is -2.20. The highest BCUT2D eigenvalue weighted by Crippen LogP contribution is 2.35. The van der Waals surface area contributed by atoms with E-state index in [9.17, 15) is 9.59 Å². The summed E-state index contributed by atoms with van der Waals surface area (Å²) in [5.41, 5.74) is 3.91. The van der Waals surface area contributed by atoms with Gasteiger partial charge in [-0.25, -0.2) is 0 Å². The minimum Gasteiger partial charge on any atom is -0.300 e. The van der Waals surface area contributed by atoms with Crippen LogP contribution in [0, 0.1) is 13.8 Å². The van der Waals surface area contributed by atoms with Crippen LogP contribution in [0.3, 0.4) is 0 Å². The van der Waals surface area contributed by atoms with Gasteiger partial charge in [0, 0.05) is 12.4 Å². The predicted molar refractivity (Wildman–Crippen MR) is 80.7 cm³/mol. The topological polar surface area (TPSA) is 50.3 Å². The van der Waals surface area contributed by atoms with E-state index in [1.165, 1.54) is 11.1 Å². The number of carbonyl (C=O) groups is 2. The van der Waals surface area contributed by atoms with Crippen molar-refractivity contribution in [2.45, 2.75) is 20.4 Å². The summed E-state index contributed by atoms with van der Waals surface area (Å²) in [6, 6.07) is 5.33. The van der Waals surface area contributed by atoms with Crippen molar-refractivity contribution in [3.05, 3.63) is 57.9 Å². The molecule has 2 heterocycles. The van der Waals surface area contributed by atoms with Crippen LogP contribution in [0.5, 0.6) is 0 Å². The molecule has 21 heavy (non-hydrogen) atoms. The molecule has 0 bridgehead atoms. The van der Waals surface area contributed by atoms with Gasteiger partial charge in [0.05, 0.1) is 22.8 Å². The van der Waals surface area contributed by atoms with Crippen LogP contribution < -0.4 is 4.90 Å². The molecule has 0 N–H and O–H groups in total. The largest absolute Gasteiger partial charge is 0.300 e. The third-order valence-electron chi connectivity index (χ3n) is 3.84. The fourth-order valence-corrected chi connectivity index (χ4v) is 2.70. The fourth-order valence-electron chi connectivity index (χ4n) is 2.52. The van der Waals surface area contributed by atoms with Gasteiger partial charge >= 0.3 is 0 Å². The van der Waals surface area contributed by atoms with Crippen molar-refractivity contribution in [3.63, 3.8) is 0 Å². The van der Waals surface area contributed by atoms with Gasteiger partial charge in [-0.2, -0.15) is 0 Å². The molecule has 1 aromatic heterocycles. The maximum absolute atomic E-state index is 12.3. The highest BCUT2D eigenvalue weighted by molar-refractivity contribution is 6.52. The zero-order valence-corrected chi connectivity index (χ0v) is 12.4. The van der Waals surface area contributed by atoms with Crippen LogP contribution in [0.2, 0.25) is 5.02 Å². The van der Waals surface area contributed by atoms with Crippen LogP contribution in [0.15, 0.2) is 30.6 Å². The quantitative estimate of drug-likeness (QED) is 0.801. The van der Waals surface area contributed by atoms with E-state index in [4.69, 9.17) is 11.6 Å². The normalized spacial score (nSPS) is 13.8. The molecule has 3 rings (SSSR count). The standard InChI is InChI=1S/C16H13ClN2O2/c1-9-3-4-12-14(10(9)2)19(16(21)15(12)20)8-11-5-6-18-7-13(11)17/h3-7H,8H2,1-2H3. The van der Waals surface area contributed by atoms with Gasteiger partial charge in [-0.1, -0.05) is 17.7 Å². The molecule has 0 saturated heterocycles. The molecule has 5 heteroatoms. The van der Waals surface area contributed by atoms with Gasteiger partial charge in [0.2, 0.25) is 0 Å². The van der Waals surface area contributed by atoms with Gasteiger partial charge in [0.25, 0.3) is 11.7 Å². The average Bonchev–Trinajstić information content (AvgIpc) is 2.71. The minimum absolute atomic E-state index is 0.267.